The predicted octanol–water partition coefficient (Wildman–Crippen LogP) is 0.873. The van der Waals surface area contributed by atoms with E-state index in [-0.39, 0.29) is 18.4 Å². The van der Waals surface area contributed by atoms with Gasteiger partial charge in [-0.05, 0) is 18.1 Å². The molecule has 0 bridgehead atoms. The van der Waals surface area contributed by atoms with Gasteiger partial charge in [-0.2, -0.15) is 0 Å². The second-order valence-electron chi connectivity index (χ2n) is 5.69. The van der Waals surface area contributed by atoms with Crippen LogP contribution >= 0.6 is 0 Å². The van der Waals surface area contributed by atoms with Crippen LogP contribution < -0.4 is 10.6 Å². The lowest BCUT2D eigenvalue weighted by atomic mass is 10.0. The van der Waals surface area contributed by atoms with Gasteiger partial charge in [0.05, 0.1) is 6.54 Å². The molecular formula is C16H23N3O2. The minimum Gasteiger partial charge on any atom is -0.343 e. The van der Waals surface area contributed by atoms with E-state index in [9.17, 15) is 9.59 Å². The van der Waals surface area contributed by atoms with Crippen molar-refractivity contribution >= 4 is 11.8 Å². The van der Waals surface area contributed by atoms with Gasteiger partial charge in [0.15, 0.2) is 0 Å². The van der Waals surface area contributed by atoms with E-state index in [1.165, 1.54) is 0 Å². The third-order valence-corrected chi connectivity index (χ3v) is 3.80. The Bertz CT molecular complexity index is 488. The maximum absolute atomic E-state index is 12.2. The van der Waals surface area contributed by atoms with E-state index in [4.69, 9.17) is 0 Å². The molecule has 2 rings (SSSR count). The number of amides is 2. The van der Waals surface area contributed by atoms with Crippen LogP contribution in [0.3, 0.4) is 0 Å². The van der Waals surface area contributed by atoms with Crippen molar-refractivity contribution in [1.82, 2.24) is 15.5 Å². The summed E-state index contributed by atoms with van der Waals surface area (Å²) in [6, 6.07) is 9.27. The predicted molar refractivity (Wildman–Crippen MR) is 82.0 cm³/mol. The van der Waals surface area contributed by atoms with E-state index in [0.717, 1.165) is 6.54 Å². The number of piperazine rings is 1. The van der Waals surface area contributed by atoms with E-state index < -0.39 is 0 Å². The topological polar surface area (TPSA) is 61.4 Å². The Morgan fingerprint density at radius 1 is 1.33 bits per heavy atom. The lowest BCUT2D eigenvalue weighted by Gasteiger charge is -2.35. The molecule has 1 atom stereocenters. The van der Waals surface area contributed by atoms with Gasteiger partial charge in [-0.1, -0.05) is 32.0 Å². The van der Waals surface area contributed by atoms with Crippen molar-refractivity contribution in [3.8, 4) is 0 Å². The third kappa shape index (κ3) is 4.29. The van der Waals surface area contributed by atoms with Crippen LogP contribution in [0.25, 0.3) is 0 Å². The second-order valence-corrected chi connectivity index (χ2v) is 5.69. The van der Waals surface area contributed by atoms with E-state index >= 15 is 0 Å². The van der Waals surface area contributed by atoms with Crippen molar-refractivity contribution in [2.45, 2.75) is 19.9 Å². The van der Waals surface area contributed by atoms with Crippen molar-refractivity contribution in [2.24, 2.45) is 5.92 Å². The zero-order chi connectivity index (χ0) is 15.2. The highest BCUT2D eigenvalue weighted by Crippen LogP contribution is 2.08. The summed E-state index contributed by atoms with van der Waals surface area (Å²) in [6.45, 7) is 6.55. The lowest BCUT2D eigenvalue weighted by molar-refractivity contribution is -0.131. The highest BCUT2D eigenvalue weighted by molar-refractivity contribution is 5.96. The first kappa shape index (κ1) is 15.5. The van der Waals surface area contributed by atoms with Crippen LogP contribution in [0.1, 0.15) is 24.2 Å². The zero-order valence-electron chi connectivity index (χ0n) is 12.6. The van der Waals surface area contributed by atoms with Gasteiger partial charge < -0.3 is 15.5 Å². The molecule has 1 fully saturated rings. The summed E-state index contributed by atoms with van der Waals surface area (Å²) in [5.41, 5.74) is 0.575. The molecule has 5 heteroatoms. The van der Waals surface area contributed by atoms with E-state index in [1.807, 2.05) is 11.0 Å². The average Bonchev–Trinajstić information content (AvgIpc) is 2.53. The van der Waals surface area contributed by atoms with Crippen LogP contribution in [0.4, 0.5) is 0 Å². The monoisotopic (exact) mass is 289 g/mol. The van der Waals surface area contributed by atoms with Gasteiger partial charge in [0.2, 0.25) is 5.91 Å². The highest BCUT2D eigenvalue weighted by atomic mass is 16.2. The molecule has 2 amide bonds. The molecule has 1 aromatic carbocycles. The standard InChI is InChI=1S/C16H23N3O2/c1-12(2)14-11-19(9-8-17-14)15(20)10-18-16(21)13-6-4-3-5-7-13/h3-7,12,14,17H,8-11H2,1-2H3,(H,18,21). The summed E-state index contributed by atoms with van der Waals surface area (Å²) in [5, 5.41) is 6.10. The summed E-state index contributed by atoms with van der Waals surface area (Å²) >= 11 is 0. The first-order valence-electron chi connectivity index (χ1n) is 7.42. The minimum absolute atomic E-state index is 0.0218. The Balaban J connectivity index is 1.83. The number of carbonyl (C=O) groups excluding carboxylic acids is 2. The van der Waals surface area contributed by atoms with Gasteiger partial charge in [-0.15, -0.1) is 0 Å². The fraction of sp³-hybridized carbons (Fsp3) is 0.500. The summed E-state index contributed by atoms with van der Waals surface area (Å²) in [7, 11) is 0. The van der Waals surface area contributed by atoms with Gasteiger partial charge in [0.1, 0.15) is 0 Å². The molecule has 1 saturated heterocycles. The number of carbonyl (C=O) groups is 2. The first-order chi connectivity index (χ1) is 10.1. The average molecular weight is 289 g/mol. The van der Waals surface area contributed by atoms with Crippen LogP contribution in [0.5, 0.6) is 0 Å². The number of nitrogens with one attached hydrogen (secondary N) is 2. The summed E-state index contributed by atoms with van der Waals surface area (Å²) in [6.07, 6.45) is 0. The van der Waals surface area contributed by atoms with Crippen LogP contribution in [-0.4, -0.2) is 48.9 Å². The third-order valence-electron chi connectivity index (χ3n) is 3.80. The maximum atomic E-state index is 12.2. The molecule has 114 valence electrons. The summed E-state index contributed by atoms with van der Waals surface area (Å²) in [4.78, 5) is 25.9. The smallest absolute Gasteiger partial charge is 0.251 e. The molecule has 0 radical (unpaired) electrons. The van der Waals surface area contributed by atoms with Crippen molar-refractivity contribution < 1.29 is 9.59 Å². The quantitative estimate of drug-likeness (QED) is 0.865. The van der Waals surface area contributed by atoms with Gasteiger partial charge in [-0.25, -0.2) is 0 Å². The number of hydrogen-bond acceptors (Lipinski definition) is 3. The Hall–Kier alpha value is -1.88. The molecule has 1 heterocycles. The Kier molecular flexibility index (Phi) is 5.33. The minimum atomic E-state index is -0.209. The summed E-state index contributed by atoms with van der Waals surface area (Å²) in [5.74, 6) is 0.255. The molecule has 0 aromatic heterocycles. The molecule has 1 aromatic rings. The van der Waals surface area contributed by atoms with Gasteiger partial charge in [-0.3, -0.25) is 9.59 Å². The van der Waals surface area contributed by atoms with Crippen molar-refractivity contribution in [2.75, 3.05) is 26.2 Å². The van der Waals surface area contributed by atoms with Crippen LogP contribution in [0.2, 0.25) is 0 Å². The Labute approximate surface area is 125 Å². The molecule has 1 aliphatic heterocycles. The van der Waals surface area contributed by atoms with Crippen molar-refractivity contribution in [3.63, 3.8) is 0 Å². The highest BCUT2D eigenvalue weighted by Gasteiger charge is 2.25. The molecule has 0 spiro atoms. The Morgan fingerprint density at radius 3 is 2.71 bits per heavy atom. The van der Waals surface area contributed by atoms with E-state index in [1.54, 1.807) is 24.3 Å². The SMILES string of the molecule is CC(C)C1CN(C(=O)CNC(=O)c2ccccc2)CCN1. The molecule has 0 saturated carbocycles. The number of hydrogen-bond donors (Lipinski definition) is 2. The first-order valence-corrected chi connectivity index (χ1v) is 7.42. The molecule has 2 N–H and O–H groups in total. The zero-order valence-corrected chi connectivity index (χ0v) is 12.6. The molecule has 5 nitrogen and oxygen atoms in total. The Morgan fingerprint density at radius 2 is 2.05 bits per heavy atom. The fourth-order valence-corrected chi connectivity index (χ4v) is 2.41. The number of nitrogens with zero attached hydrogens (tertiary/aromatic N) is 1. The van der Waals surface area contributed by atoms with E-state index in [2.05, 4.69) is 24.5 Å². The lowest BCUT2D eigenvalue weighted by Crippen LogP contribution is -2.56. The van der Waals surface area contributed by atoms with Crippen LogP contribution in [0.15, 0.2) is 30.3 Å². The largest absolute Gasteiger partial charge is 0.343 e. The molecule has 21 heavy (non-hydrogen) atoms. The maximum Gasteiger partial charge on any atom is 0.251 e. The molecule has 0 aliphatic carbocycles. The van der Waals surface area contributed by atoms with Crippen molar-refractivity contribution in [1.29, 1.82) is 0 Å². The molecule has 1 unspecified atom stereocenters. The van der Waals surface area contributed by atoms with Crippen LogP contribution in [0, 0.1) is 5.92 Å². The summed E-state index contributed by atoms with van der Waals surface area (Å²) < 4.78 is 0. The van der Waals surface area contributed by atoms with E-state index in [0.29, 0.717) is 30.6 Å². The molecular weight excluding hydrogens is 266 g/mol. The second kappa shape index (κ2) is 7.22. The normalized spacial score (nSPS) is 18.6. The number of rotatable bonds is 4. The molecule has 1 aliphatic rings. The van der Waals surface area contributed by atoms with Gasteiger partial charge in [0.25, 0.3) is 5.91 Å². The van der Waals surface area contributed by atoms with Crippen molar-refractivity contribution in [3.05, 3.63) is 35.9 Å². The van der Waals surface area contributed by atoms with Gasteiger partial charge in [0, 0.05) is 31.2 Å². The number of benzene rings is 1. The van der Waals surface area contributed by atoms with Gasteiger partial charge >= 0.3 is 0 Å². The van der Waals surface area contributed by atoms with Crippen LogP contribution in [-0.2, 0) is 4.79 Å². The fourth-order valence-electron chi connectivity index (χ4n) is 2.41.